The molecule has 2 aromatic heterocycles. The number of aromatic hydroxyl groups is 1. The van der Waals surface area contributed by atoms with Crippen molar-refractivity contribution in [3.05, 3.63) is 167 Å². The van der Waals surface area contributed by atoms with Crippen LogP contribution in [-0.2, 0) is 10.8 Å². The first-order chi connectivity index (χ1) is 28.4. The summed E-state index contributed by atoms with van der Waals surface area (Å²) < 4.78 is 77.9. The number of hydrogen-bond acceptors (Lipinski definition) is 3. The first-order valence-electron chi connectivity index (χ1n) is 19.6. The van der Waals surface area contributed by atoms with Crippen LogP contribution in [0.2, 0.25) is 0 Å². The third kappa shape index (κ3) is 7.01. The van der Waals surface area contributed by atoms with Gasteiger partial charge in [-0.3, -0.25) is 9.55 Å². The standard InChI is InChI=1S/C51H42F5N3O/c1-28-27-57-39(26-36(28)30-17-12-9-13-18-30)33-22-31(29-15-10-8-11-16-29)21-32(23-33)35-19-14-20-40-46(35)58-49(59(40)47-44(55)42(53)41(52)43(54)45(47)56)37-24-34(50(2,3)4)25-38(48(37)60)51(5,6)7/h8-27,60H,1-7H3. The van der Waals surface area contributed by atoms with Crippen molar-refractivity contribution in [2.75, 3.05) is 0 Å². The van der Waals surface area contributed by atoms with E-state index in [0.29, 0.717) is 22.4 Å². The molecule has 302 valence electrons. The summed E-state index contributed by atoms with van der Waals surface area (Å²) in [6, 6.07) is 36.2. The van der Waals surface area contributed by atoms with E-state index >= 15 is 17.6 Å². The number of aryl methyl sites for hydroxylation is 1. The van der Waals surface area contributed by atoms with Crippen molar-refractivity contribution < 1.29 is 27.1 Å². The molecule has 0 spiro atoms. The van der Waals surface area contributed by atoms with Crippen molar-refractivity contribution in [2.45, 2.75) is 59.3 Å². The molecular formula is C51H42F5N3O. The zero-order valence-corrected chi connectivity index (χ0v) is 34.2. The molecule has 9 heteroatoms. The number of imidazole rings is 1. The van der Waals surface area contributed by atoms with E-state index in [1.807, 2.05) is 146 Å². The lowest BCUT2D eigenvalue weighted by atomic mass is 9.79. The maximum absolute atomic E-state index is 16.1. The first-order valence-corrected chi connectivity index (χ1v) is 19.6. The average Bonchev–Trinajstić information content (AvgIpc) is 3.61. The highest BCUT2D eigenvalue weighted by Crippen LogP contribution is 2.46. The Balaban J connectivity index is 1.47. The maximum Gasteiger partial charge on any atom is 0.200 e. The summed E-state index contributed by atoms with van der Waals surface area (Å²) >= 11 is 0. The van der Waals surface area contributed by atoms with E-state index < -0.39 is 45.6 Å². The summed E-state index contributed by atoms with van der Waals surface area (Å²) in [4.78, 5) is 9.83. The highest BCUT2D eigenvalue weighted by atomic mass is 19.2. The van der Waals surface area contributed by atoms with Gasteiger partial charge in [-0.1, -0.05) is 120 Å². The number of nitrogens with zero attached hydrogens (tertiary/aromatic N) is 3. The van der Waals surface area contributed by atoms with Crippen LogP contribution in [0.3, 0.4) is 0 Å². The second-order valence-electron chi connectivity index (χ2n) is 17.2. The van der Waals surface area contributed by atoms with Gasteiger partial charge in [0.25, 0.3) is 0 Å². The van der Waals surface area contributed by atoms with Gasteiger partial charge in [-0.05, 0) is 93.1 Å². The molecule has 0 fully saturated rings. The molecule has 0 aliphatic rings. The number of aromatic nitrogens is 3. The van der Waals surface area contributed by atoms with Gasteiger partial charge in [0.15, 0.2) is 23.3 Å². The molecule has 2 heterocycles. The molecule has 60 heavy (non-hydrogen) atoms. The van der Waals surface area contributed by atoms with Gasteiger partial charge in [-0.2, -0.15) is 0 Å². The molecule has 0 radical (unpaired) electrons. The molecule has 0 bridgehead atoms. The fourth-order valence-electron chi connectivity index (χ4n) is 7.68. The minimum atomic E-state index is -2.28. The molecule has 0 saturated carbocycles. The summed E-state index contributed by atoms with van der Waals surface area (Å²) in [7, 11) is 0. The van der Waals surface area contributed by atoms with Gasteiger partial charge < -0.3 is 5.11 Å². The van der Waals surface area contributed by atoms with Gasteiger partial charge >= 0.3 is 0 Å². The number of benzene rings is 6. The van der Waals surface area contributed by atoms with Crippen molar-refractivity contribution in [3.8, 4) is 67.5 Å². The summed E-state index contributed by atoms with van der Waals surface area (Å²) in [6.45, 7) is 13.7. The molecule has 8 aromatic rings. The van der Waals surface area contributed by atoms with E-state index in [1.54, 1.807) is 18.2 Å². The lowest BCUT2D eigenvalue weighted by Crippen LogP contribution is -2.17. The summed E-state index contributed by atoms with van der Waals surface area (Å²) in [5.74, 6) is -11.0. The lowest BCUT2D eigenvalue weighted by molar-refractivity contribution is 0.376. The second kappa shape index (κ2) is 14.9. The fraction of sp³-hybridized carbons (Fsp3) is 0.176. The zero-order chi connectivity index (χ0) is 42.8. The van der Waals surface area contributed by atoms with Crippen LogP contribution in [0.1, 0.15) is 58.2 Å². The van der Waals surface area contributed by atoms with Gasteiger partial charge in [0.1, 0.15) is 17.3 Å². The highest BCUT2D eigenvalue weighted by Gasteiger charge is 2.33. The Bertz CT molecular complexity index is 2930. The Morgan fingerprint density at radius 3 is 1.73 bits per heavy atom. The quantitative estimate of drug-likeness (QED) is 0.103. The van der Waals surface area contributed by atoms with Crippen molar-refractivity contribution >= 4 is 11.0 Å². The minimum absolute atomic E-state index is 0.0510. The Labute approximate surface area is 345 Å². The Morgan fingerprint density at radius 2 is 1.12 bits per heavy atom. The van der Waals surface area contributed by atoms with Gasteiger partial charge in [-0.25, -0.2) is 26.9 Å². The van der Waals surface area contributed by atoms with Crippen LogP contribution in [0.4, 0.5) is 22.0 Å². The number of para-hydroxylation sites is 1. The predicted octanol–water partition coefficient (Wildman–Crippen LogP) is 14.1. The van der Waals surface area contributed by atoms with Crippen molar-refractivity contribution in [3.63, 3.8) is 0 Å². The van der Waals surface area contributed by atoms with Crippen molar-refractivity contribution in [1.82, 2.24) is 14.5 Å². The molecule has 1 N–H and O–H groups in total. The number of phenolic OH excluding ortho intramolecular Hbond substituents is 1. The molecule has 6 aromatic carbocycles. The number of fused-ring (bicyclic) bond motifs is 1. The fourth-order valence-corrected chi connectivity index (χ4v) is 7.68. The van der Waals surface area contributed by atoms with E-state index in [2.05, 4.69) is 0 Å². The molecule has 0 unspecified atom stereocenters. The molecule has 8 rings (SSSR count). The monoisotopic (exact) mass is 807 g/mol. The second-order valence-corrected chi connectivity index (χ2v) is 17.2. The van der Waals surface area contributed by atoms with Crippen molar-refractivity contribution in [1.29, 1.82) is 0 Å². The largest absolute Gasteiger partial charge is 0.507 e. The van der Waals surface area contributed by atoms with Gasteiger partial charge in [-0.15, -0.1) is 0 Å². The van der Waals surface area contributed by atoms with Crippen LogP contribution in [0.5, 0.6) is 5.75 Å². The number of pyridine rings is 1. The molecular weight excluding hydrogens is 766 g/mol. The predicted molar refractivity (Wildman–Crippen MR) is 230 cm³/mol. The number of phenols is 1. The van der Waals surface area contributed by atoms with Crippen LogP contribution in [0.15, 0.2) is 121 Å². The smallest absolute Gasteiger partial charge is 0.200 e. The first kappa shape index (κ1) is 40.2. The topological polar surface area (TPSA) is 50.9 Å². The zero-order valence-electron chi connectivity index (χ0n) is 34.2. The van der Waals surface area contributed by atoms with E-state index in [4.69, 9.17) is 9.97 Å². The molecule has 4 nitrogen and oxygen atoms in total. The molecule has 0 aliphatic carbocycles. The third-order valence-electron chi connectivity index (χ3n) is 11.0. The molecule has 0 saturated heterocycles. The highest BCUT2D eigenvalue weighted by molar-refractivity contribution is 5.98. The van der Waals surface area contributed by atoms with E-state index in [0.717, 1.165) is 43.5 Å². The van der Waals surface area contributed by atoms with Crippen LogP contribution >= 0.6 is 0 Å². The van der Waals surface area contributed by atoms with Crippen molar-refractivity contribution in [2.24, 2.45) is 0 Å². The van der Waals surface area contributed by atoms with E-state index in [-0.39, 0.29) is 28.2 Å². The normalized spacial score (nSPS) is 12.1. The number of rotatable bonds is 6. The minimum Gasteiger partial charge on any atom is -0.507 e. The summed E-state index contributed by atoms with van der Waals surface area (Å²) in [6.07, 6.45) is 1.83. The van der Waals surface area contributed by atoms with Gasteiger partial charge in [0, 0.05) is 22.9 Å². The van der Waals surface area contributed by atoms with E-state index in [1.165, 1.54) is 6.07 Å². The third-order valence-corrected chi connectivity index (χ3v) is 11.0. The summed E-state index contributed by atoms with van der Waals surface area (Å²) in [5, 5.41) is 12.0. The van der Waals surface area contributed by atoms with E-state index in [9.17, 15) is 9.50 Å². The SMILES string of the molecule is Cc1cnc(-c2cc(-c3ccccc3)cc(-c3cccc4c3nc(-c3cc(C(C)(C)C)cc(C(C)(C)C)c3O)n4-c3c(F)c(F)c(F)c(F)c3F)c2)cc1-c1ccccc1. The Kier molecular flexibility index (Phi) is 9.97. The number of hydrogen-bond donors (Lipinski definition) is 1. The maximum atomic E-state index is 16.1. The Hall–Kier alpha value is -6.61. The van der Waals surface area contributed by atoms with Gasteiger partial charge in [0.2, 0.25) is 5.82 Å². The van der Waals surface area contributed by atoms with Crippen LogP contribution < -0.4 is 0 Å². The summed E-state index contributed by atoms with van der Waals surface area (Å²) in [5.41, 5.74) is 6.68. The lowest BCUT2D eigenvalue weighted by Gasteiger charge is -2.27. The molecule has 0 aliphatic heterocycles. The Morgan fingerprint density at radius 1 is 0.533 bits per heavy atom. The molecule has 0 amide bonds. The van der Waals surface area contributed by atoms with Crippen LogP contribution in [-0.4, -0.2) is 19.6 Å². The van der Waals surface area contributed by atoms with Crippen LogP contribution in [0.25, 0.3) is 72.7 Å². The van der Waals surface area contributed by atoms with Gasteiger partial charge in [0.05, 0.1) is 22.3 Å². The van der Waals surface area contributed by atoms with Crippen LogP contribution in [0, 0.1) is 36.0 Å². The molecule has 0 atom stereocenters. The number of halogens is 5. The average molecular weight is 808 g/mol.